The first-order valence-electron chi connectivity index (χ1n) is 7.52. The first-order valence-corrected chi connectivity index (χ1v) is 7.52. The highest BCUT2D eigenvalue weighted by Gasteiger charge is 2.38. The molecule has 1 aromatic carbocycles. The van der Waals surface area contributed by atoms with Crippen LogP contribution < -0.4 is 10.2 Å². The molecule has 0 radical (unpaired) electrons. The minimum atomic E-state index is -0.758. The molecule has 2 atom stereocenters. The van der Waals surface area contributed by atoms with Crippen LogP contribution in [-0.4, -0.2) is 25.2 Å². The van der Waals surface area contributed by atoms with Gasteiger partial charge in [0.1, 0.15) is 0 Å². The van der Waals surface area contributed by atoms with Gasteiger partial charge in [0.2, 0.25) is 0 Å². The Hall–Kier alpha value is -1.16. The first kappa shape index (κ1) is 13.8. The number of hydrogen-bond acceptors (Lipinski definition) is 2. The molecule has 3 rings (SSSR count). The lowest BCUT2D eigenvalue weighted by molar-refractivity contribution is 0.317. The second kappa shape index (κ2) is 5.32. The number of nitrogens with one attached hydrogen (secondary N) is 1. The molecule has 1 aliphatic carbocycles. The Balaban J connectivity index is 1.90. The maximum Gasteiger partial charge on any atom is 0.182 e. The molecule has 1 aromatic rings. The van der Waals surface area contributed by atoms with Gasteiger partial charge in [-0.15, -0.1) is 0 Å². The molecule has 1 saturated heterocycles. The molecule has 110 valence electrons. The highest BCUT2D eigenvalue weighted by Crippen LogP contribution is 2.36. The molecule has 0 amide bonds. The van der Waals surface area contributed by atoms with Crippen molar-refractivity contribution in [1.82, 2.24) is 5.32 Å². The van der Waals surface area contributed by atoms with Crippen LogP contribution in [0.5, 0.6) is 0 Å². The van der Waals surface area contributed by atoms with E-state index in [4.69, 9.17) is 0 Å². The molecule has 1 N–H and O–H groups in total. The van der Waals surface area contributed by atoms with Crippen molar-refractivity contribution in [2.75, 3.05) is 18.0 Å². The number of benzene rings is 1. The van der Waals surface area contributed by atoms with E-state index in [2.05, 4.69) is 24.1 Å². The Bertz CT molecular complexity index is 485. The molecule has 2 nitrogen and oxygen atoms in total. The van der Waals surface area contributed by atoms with Crippen molar-refractivity contribution in [3.8, 4) is 0 Å². The number of anilines is 1. The summed E-state index contributed by atoms with van der Waals surface area (Å²) in [6.45, 7) is 5.88. The Morgan fingerprint density at radius 3 is 2.65 bits per heavy atom. The lowest BCUT2D eigenvalue weighted by atomic mass is 9.96. The zero-order chi connectivity index (χ0) is 14.3. The number of halogens is 2. The van der Waals surface area contributed by atoms with Crippen LogP contribution in [0.3, 0.4) is 0 Å². The highest BCUT2D eigenvalue weighted by molar-refractivity contribution is 5.50. The summed E-state index contributed by atoms with van der Waals surface area (Å²) in [5.41, 5.74) is 0.413. The van der Waals surface area contributed by atoms with Crippen LogP contribution in [0.1, 0.15) is 26.7 Å². The van der Waals surface area contributed by atoms with Crippen LogP contribution in [0.25, 0.3) is 0 Å². The van der Waals surface area contributed by atoms with E-state index in [0.717, 1.165) is 13.1 Å². The lowest BCUT2D eigenvalue weighted by Gasteiger charge is -2.44. The number of piperazine rings is 1. The molecular formula is C16H22F2N2. The summed E-state index contributed by atoms with van der Waals surface area (Å²) >= 11 is 0. The molecule has 0 bridgehead atoms. The minimum absolute atomic E-state index is 0.210. The van der Waals surface area contributed by atoms with Gasteiger partial charge in [-0.1, -0.05) is 19.9 Å². The van der Waals surface area contributed by atoms with Gasteiger partial charge in [0.25, 0.3) is 0 Å². The molecular weight excluding hydrogens is 258 g/mol. The van der Waals surface area contributed by atoms with E-state index < -0.39 is 11.6 Å². The summed E-state index contributed by atoms with van der Waals surface area (Å²) in [5, 5.41) is 3.59. The Morgan fingerprint density at radius 1 is 1.25 bits per heavy atom. The van der Waals surface area contributed by atoms with Gasteiger partial charge >= 0.3 is 0 Å². The van der Waals surface area contributed by atoms with Crippen LogP contribution in [-0.2, 0) is 0 Å². The van der Waals surface area contributed by atoms with E-state index in [1.807, 2.05) is 0 Å². The topological polar surface area (TPSA) is 15.3 Å². The second-order valence-electron chi connectivity index (χ2n) is 6.39. The van der Waals surface area contributed by atoms with Gasteiger partial charge in [0.05, 0.1) is 5.69 Å². The van der Waals surface area contributed by atoms with Crippen LogP contribution in [0.4, 0.5) is 14.5 Å². The summed E-state index contributed by atoms with van der Waals surface area (Å²) in [4.78, 5) is 2.07. The fourth-order valence-corrected chi connectivity index (χ4v) is 3.20. The Labute approximate surface area is 119 Å². The zero-order valence-corrected chi connectivity index (χ0v) is 12.1. The van der Waals surface area contributed by atoms with Crippen molar-refractivity contribution in [1.29, 1.82) is 0 Å². The summed E-state index contributed by atoms with van der Waals surface area (Å²) in [7, 11) is 0. The van der Waals surface area contributed by atoms with E-state index >= 15 is 0 Å². The maximum atomic E-state index is 14.1. The summed E-state index contributed by atoms with van der Waals surface area (Å²) in [5.74, 6) is -0.367. The first-order chi connectivity index (χ1) is 9.58. The van der Waals surface area contributed by atoms with Crippen LogP contribution in [0.15, 0.2) is 18.2 Å². The largest absolute Gasteiger partial charge is 0.363 e. The predicted octanol–water partition coefficient (Wildman–Crippen LogP) is 3.18. The van der Waals surface area contributed by atoms with Gasteiger partial charge in [-0.3, -0.25) is 0 Å². The minimum Gasteiger partial charge on any atom is -0.363 e. The maximum absolute atomic E-state index is 14.1. The van der Waals surface area contributed by atoms with Gasteiger partial charge in [-0.25, -0.2) is 8.78 Å². The second-order valence-corrected chi connectivity index (χ2v) is 6.39. The van der Waals surface area contributed by atoms with Gasteiger partial charge in [-0.05, 0) is 36.8 Å². The van der Waals surface area contributed by atoms with Gasteiger partial charge in [-0.2, -0.15) is 0 Å². The van der Waals surface area contributed by atoms with E-state index in [1.54, 1.807) is 12.1 Å². The fourth-order valence-electron chi connectivity index (χ4n) is 3.20. The normalized spacial score (nSPS) is 27.1. The summed E-state index contributed by atoms with van der Waals surface area (Å²) in [6.07, 6.45) is 2.51. The SMILES string of the molecule is CC(C)C1CNC(C2CC2)CN1c1cccc(F)c1F. The van der Waals surface area contributed by atoms with Crippen LogP contribution >= 0.6 is 0 Å². The molecule has 1 saturated carbocycles. The standard InChI is InChI=1S/C16H22F2N2/c1-10(2)15-8-19-13(11-6-7-11)9-20(15)14-5-3-4-12(17)16(14)18/h3-5,10-11,13,15,19H,6-9H2,1-2H3. The van der Waals surface area contributed by atoms with Crippen molar-refractivity contribution >= 4 is 5.69 Å². The van der Waals surface area contributed by atoms with Gasteiger partial charge in [0.15, 0.2) is 11.6 Å². The van der Waals surface area contributed by atoms with Crippen molar-refractivity contribution in [2.24, 2.45) is 11.8 Å². The fraction of sp³-hybridized carbons (Fsp3) is 0.625. The number of hydrogen-bond donors (Lipinski definition) is 1. The van der Waals surface area contributed by atoms with Gasteiger partial charge < -0.3 is 10.2 Å². The Kier molecular flexibility index (Phi) is 3.67. The zero-order valence-electron chi connectivity index (χ0n) is 12.1. The Morgan fingerprint density at radius 2 is 2.00 bits per heavy atom. The van der Waals surface area contributed by atoms with E-state index in [-0.39, 0.29) is 6.04 Å². The molecule has 1 heterocycles. The third-order valence-electron chi connectivity index (χ3n) is 4.58. The van der Waals surface area contributed by atoms with Crippen molar-refractivity contribution in [3.05, 3.63) is 29.8 Å². The predicted molar refractivity (Wildman–Crippen MR) is 76.8 cm³/mol. The van der Waals surface area contributed by atoms with Crippen molar-refractivity contribution < 1.29 is 8.78 Å². The molecule has 0 aromatic heterocycles. The average Bonchev–Trinajstić information content (AvgIpc) is 3.25. The molecule has 2 unspecified atom stereocenters. The van der Waals surface area contributed by atoms with E-state index in [0.29, 0.717) is 23.6 Å². The van der Waals surface area contributed by atoms with Crippen LogP contribution in [0.2, 0.25) is 0 Å². The van der Waals surface area contributed by atoms with E-state index in [1.165, 1.54) is 18.9 Å². The lowest BCUT2D eigenvalue weighted by Crippen LogP contribution is -2.59. The monoisotopic (exact) mass is 280 g/mol. The van der Waals surface area contributed by atoms with Crippen molar-refractivity contribution in [2.45, 2.75) is 38.8 Å². The molecule has 2 fully saturated rings. The summed E-state index contributed by atoms with van der Waals surface area (Å²) in [6, 6.07) is 5.10. The highest BCUT2D eigenvalue weighted by atomic mass is 19.2. The number of rotatable bonds is 3. The van der Waals surface area contributed by atoms with Crippen molar-refractivity contribution in [3.63, 3.8) is 0 Å². The van der Waals surface area contributed by atoms with E-state index in [9.17, 15) is 8.78 Å². The molecule has 2 aliphatic rings. The molecule has 1 aliphatic heterocycles. The summed E-state index contributed by atoms with van der Waals surface area (Å²) < 4.78 is 27.6. The third kappa shape index (κ3) is 2.53. The number of nitrogens with zero attached hydrogens (tertiary/aromatic N) is 1. The van der Waals surface area contributed by atoms with Crippen LogP contribution in [0, 0.1) is 23.5 Å². The quantitative estimate of drug-likeness (QED) is 0.915. The molecule has 0 spiro atoms. The molecule has 20 heavy (non-hydrogen) atoms. The molecule has 4 heteroatoms. The third-order valence-corrected chi connectivity index (χ3v) is 4.58. The average molecular weight is 280 g/mol. The van der Waals surface area contributed by atoms with Gasteiger partial charge in [0, 0.05) is 25.2 Å². The smallest absolute Gasteiger partial charge is 0.182 e.